The minimum absolute atomic E-state index is 0.0956. The van der Waals surface area contributed by atoms with Crippen molar-refractivity contribution >= 4 is 43.7 Å². The van der Waals surface area contributed by atoms with Crippen molar-refractivity contribution in [3.8, 4) is 11.5 Å². The number of para-hydroxylation sites is 2. The molecule has 4 nitrogen and oxygen atoms in total. The molecule has 5 heteroatoms. The van der Waals surface area contributed by atoms with Gasteiger partial charge in [0.25, 0.3) is 5.91 Å². The number of hydrogen-bond acceptors (Lipinski definition) is 3. The van der Waals surface area contributed by atoms with E-state index in [1.165, 1.54) is 0 Å². The summed E-state index contributed by atoms with van der Waals surface area (Å²) in [5.74, 6) is 0.495. The minimum atomic E-state index is -0.0956. The van der Waals surface area contributed by atoms with Gasteiger partial charge in [0.05, 0.1) is 0 Å². The molecule has 30 heavy (non-hydrogen) atoms. The first-order valence-electron chi connectivity index (χ1n) is 9.59. The monoisotopic (exact) mass is 456 g/mol. The SMILES string of the molecule is O=C(NCc1ccc(-c2nc3ccccc3o2)cc1)c1cccc2c(Br)cccc12. The van der Waals surface area contributed by atoms with E-state index in [9.17, 15) is 4.79 Å². The summed E-state index contributed by atoms with van der Waals surface area (Å²) in [6, 6.07) is 27.2. The molecule has 0 aliphatic heterocycles. The van der Waals surface area contributed by atoms with Crippen LogP contribution in [0, 0.1) is 0 Å². The number of carbonyl (C=O) groups excluding carboxylic acids is 1. The van der Waals surface area contributed by atoms with Gasteiger partial charge in [0.1, 0.15) is 5.52 Å². The van der Waals surface area contributed by atoms with E-state index in [1.54, 1.807) is 0 Å². The molecule has 4 aromatic carbocycles. The molecule has 0 aliphatic carbocycles. The number of oxazole rings is 1. The van der Waals surface area contributed by atoms with Crippen LogP contribution in [0.15, 0.2) is 93.8 Å². The number of benzene rings is 4. The molecule has 0 aliphatic rings. The highest BCUT2D eigenvalue weighted by Gasteiger charge is 2.11. The average molecular weight is 457 g/mol. The molecular weight excluding hydrogens is 440 g/mol. The second-order valence-electron chi connectivity index (χ2n) is 7.01. The Balaban J connectivity index is 1.32. The van der Waals surface area contributed by atoms with Crippen molar-refractivity contribution in [2.45, 2.75) is 6.54 Å². The van der Waals surface area contributed by atoms with E-state index in [0.717, 1.165) is 37.5 Å². The highest BCUT2D eigenvalue weighted by molar-refractivity contribution is 9.10. The van der Waals surface area contributed by atoms with Crippen LogP contribution in [0.2, 0.25) is 0 Å². The maximum absolute atomic E-state index is 12.8. The lowest BCUT2D eigenvalue weighted by Crippen LogP contribution is -2.23. The molecule has 1 heterocycles. The number of aromatic nitrogens is 1. The molecule has 0 saturated heterocycles. The number of nitrogens with one attached hydrogen (secondary N) is 1. The number of rotatable bonds is 4. The van der Waals surface area contributed by atoms with Crippen molar-refractivity contribution in [1.82, 2.24) is 10.3 Å². The summed E-state index contributed by atoms with van der Waals surface area (Å²) in [6.07, 6.45) is 0. The number of nitrogens with zero attached hydrogens (tertiary/aromatic N) is 1. The highest BCUT2D eigenvalue weighted by Crippen LogP contribution is 2.27. The van der Waals surface area contributed by atoms with E-state index >= 15 is 0 Å². The summed E-state index contributed by atoms with van der Waals surface area (Å²) in [4.78, 5) is 17.3. The molecular formula is C25H17BrN2O2. The molecule has 0 unspecified atom stereocenters. The van der Waals surface area contributed by atoms with Crippen LogP contribution in [0.5, 0.6) is 0 Å². The van der Waals surface area contributed by atoms with Crippen LogP contribution in [0.1, 0.15) is 15.9 Å². The smallest absolute Gasteiger partial charge is 0.252 e. The highest BCUT2D eigenvalue weighted by atomic mass is 79.9. The fraction of sp³-hybridized carbons (Fsp3) is 0.0400. The lowest BCUT2D eigenvalue weighted by atomic mass is 10.0. The summed E-state index contributed by atoms with van der Waals surface area (Å²) >= 11 is 3.55. The molecule has 1 aromatic heterocycles. The van der Waals surface area contributed by atoms with Gasteiger partial charge >= 0.3 is 0 Å². The Bertz CT molecular complexity index is 1340. The summed E-state index contributed by atoms with van der Waals surface area (Å²) in [7, 11) is 0. The quantitative estimate of drug-likeness (QED) is 0.343. The molecule has 0 atom stereocenters. The Hall–Kier alpha value is -3.44. The maximum Gasteiger partial charge on any atom is 0.252 e. The lowest BCUT2D eigenvalue weighted by Gasteiger charge is -2.09. The molecule has 0 fully saturated rings. The van der Waals surface area contributed by atoms with Crippen LogP contribution >= 0.6 is 15.9 Å². The van der Waals surface area contributed by atoms with E-state index in [1.807, 2.05) is 84.9 Å². The Morgan fingerprint density at radius 3 is 2.47 bits per heavy atom. The van der Waals surface area contributed by atoms with Crippen molar-refractivity contribution < 1.29 is 9.21 Å². The fourth-order valence-corrected chi connectivity index (χ4v) is 4.01. The van der Waals surface area contributed by atoms with Crippen molar-refractivity contribution in [1.29, 1.82) is 0 Å². The van der Waals surface area contributed by atoms with E-state index in [4.69, 9.17) is 4.42 Å². The second-order valence-corrected chi connectivity index (χ2v) is 7.86. The lowest BCUT2D eigenvalue weighted by molar-refractivity contribution is 0.0952. The zero-order valence-corrected chi connectivity index (χ0v) is 17.5. The van der Waals surface area contributed by atoms with Crippen LogP contribution in [0.3, 0.4) is 0 Å². The number of amides is 1. The first-order chi connectivity index (χ1) is 14.7. The average Bonchev–Trinajstić information content (AvgIpc) is 3.22. The molecule has 5 aromatic rings. The summed E-state index contributed by atoms with van der Waals surface area (Å²) < 4.78 is 6.79. The molecule has 1 N–H and O–H groups in total. The van der Waals surface area contributed by atoms with Gasteiger partial charge in [-0.15, -0.1) is 0 Å². The Morgan fingerprint density at radius 1 is 0.867 bits per heavy atom. The van der Waals surface area contributed by atoms with Crippen LogP contribution in [-0.4, -0.2) is 10.9 Å². The second kappa shape index (κ2) is 7.76. The Labute approximate surface area is 181 Å². The van der Waals surface area contributed by atoms with Crippen molar-refractivity contribution in [2.24, 2.45) is 0 Å². The third kappa shape index (κ3) is 3.48. The van der Waals surface area contributed by atoms with Crippen LogP contribution in [-0.2, 0) is 6.54 Å². The van der Waals surface area contributed by atoms with Gasteiger partial charge in [-0.3, -0.25) is 4.79 Å². The van der Waals surface area contributed by atoms with Gasteiger partial charge in [-0.05, 0) is 52.7 Å². The molecule has 0 bridgehead atoms. The van der Waals surface area contributed by atoms with Gasteiger partial charge in [-0.25, -0.2) is 4.98 Å². The molecule has 0 radical (unpaired) electrons. The number of carbonyl (C=O) groups is 1. The van der Waals surface area contributed by atoms with E-state index in [-0.39, 0.29) is 5.91 Å². The standard InChI is InChI=1S/C25H17BrN2O2/c26-21-8-4-5-18-19(21)6-3-7-20(18)24(29)27-15-16-11-13-17(14-12-16)25-28-22-9-1-2-10-23(22)30-25/h1-14H,15H2,(H,27,29). The van der Waals surface area contributed by atoms with Crippen LogP contribution < -0.4 is 5.32 Å². The first-order valence-corrected chi connectivity index (χ1v) is 10.4. The van der Waals surface area contributed by atoms with E-state index < -0.39 is 0 Å². The summed E-state index contributed by atoms with van der Waals surface area (Å²) in [5, 5.41) is 4.96. The van der Waals surface area contributed by atoms with E-state index in [0.29, 0.717) is 18.0 Å². The summed E-state index contributed by atoms with van der Waals surface area (Å²) in [5.41, 5.74) is 4.18. The van der Waals surface area contributed by atoms with Crippen molar-refractivity contribution in [3.05, 3.63) is 101 Å². The van der Waals surface area contributed by atoms with Gasteiger partial charge in [-0.2, -0.15) is 0 Å². The largest absolute Gasteiger partial charge is 0.436 e. The summed E-state index contributed by atoms with van der Waals surface area (Å²) in [6.45, 7) is 0.442. The van der Waals surface area contributed by atoms with Crippen LogP contribution in [0.4, 0.5) is 0 Å². The van der Waals surface area contributed by atoms with Gasteiger partial charge in [0, 0.05) is 22.1 Å². The molecule has 0 spiro atoms. The van der Waals surface area contributed by atoms with Gasteiger partial charge in [-0.1, -0.05) is 64.5 Å². The third-order valence-corrected chi connectivity index (χ3v) is 5.75. The topological polar surface area (TPSA) is 55.1 Å². The Morgan fingerprint density at radius 2 is 1.63 bits per heavy atom. The van der Waals surface area contributed by atoms with Gasteiger partial charge in [0.15, 0.2) is 5.58 Å². The molecule has 0 saturated carbocycles. The molecule has 146 valence electrons. The van der Waals surface area contributed by atoms with Crippen LogP contribution in [0.25, 0.3) is 33.3 Å². The predicted molar refractivity (Wildman–Crippen MR) is 122 cm³/mol. The zero-order chi connectivity index (χ0) is 20.5. The first kappa shape index (κ1) is 18.6. The molecule has 1 amide bonds. The minimum Gasteiger partial charge on any atom is -0.436 e. The van der Waals surface area contributed by atoms with Gasteiger partial charge in [0.2, 0.25) is 5.89 Å². The number of halogens is 1. The molecule has 5 rings (SSSR count). The fourth-order valence-electron chi connectivity index (χ4n) is 3.51. The zero-order valence-electron chi connectivity index (χ0n) is 15.9. The van der Waals surface area contributed by atoms with Crippen molar-refractivity contribution in [2.75, 3.05) is 0 Å². The van der Waals surface area contributed by atoms with E-state index in [2.05, 4.69) is 26.2 Å². The number of hydrogen-bond donors (Lipinski definition) is 1. The Kier molecular flexibility index (Phi) is 4.81. The number of fused-ring (bicyclic) bond motifs is 2. The maximum atomic E-state index is 12.8. The normalized spacial score (nSPS) is 11.1. The third-order valence-electron chi connectivity index (χ3n) is 5.06. The van der Waals surface area contributed by atoms with Crippen molar-refractivity contribution in [3.63, 3.8) is 0 Å². The van der Waals surface area contributed by atoms with Gasteiger partial charge < -0.3 is 9.73 Å². The predicted octanol–water partition coefficient (Wildman–Crippen LogP) is 6.34.